The van der Waals surface area contributed by atoms with Crippen molar-refractivity contribution in [2.75, 3.05) is 7.11 Å². The average molecular weight is 216 g/mol. The molecule has 0 bridgehead atoms. The molecule has 0 unspecified atom stereocenters. The van der Waals surface area contributed by atoms with Gasteiger partial charge in [0.2, 0.25) is 0 Å². The van der Waals surface area contributed by atoms with Gasteiger partial charge in [0.05, 0.1) is 7.11 Å². The number of rotatable bonds is 4. The van der Waals surface area contributed by atoms with Gasteiger partial charge in [-0.3, -0.25) is 4.79 Å². The predicted octanol–water partition coefficient (Wildman–Crippen LogP) is 2.24. The normalized spacial score (nSPS) is 10.8. The Morgan fingerprint density at radius 2 is 1.75 bits per heavy atom. The van der Waals surface area contributed by atoms with Gasteiger partial charge in [0.15, 0.2) is 0 Å². The molecule has 3 nitrogen and oxygen atoms in total. The molecule has 0 spiro atoms. The molecule has 0 aliphatic heterocycles. The number of ether oxygens (including phenoxy) is 1. The molecule has 1 aromatic rings. The molecular formula is C13H12O3. The number of methoxy groups -OCH3 is 1. The Bertz CT molecular complexity index is 413. The van der Waals surface area contributed by atoms with E-state index in [1.807, 2.05) is 18.2 Å². The molecule has 0 aliphatic rings. The number of benzene rings is 1. The molecule has 0 atom stereocenters. The van der Waals surface area contributed by atoms with Gasteiger partial charge in [-0.1, -0.05) is 42.5 Å². The molecule has 82 valence electrons. The van der Waals surface area contributed by atoms with E-state index in [4.69, 9.17) is 0 Å². The Morgan fingerprint density at radius 3 is 2.31 bits per heavy atom. The van der Waals surface area contributed by atoms with Crippen LogP contribution in [0.3, 0.4) is 0 Å². The van der Waals surface area contributed by atoms with Crippen LogP contribution in [-0.2, 0) is 9.53 Å². The van der Waals surface area contributed by atoms with Crippen molar-refractivity contribution in [3.8, 4) is 0 Å². The quantitative estimate of drug-likeness (QED) is 0.335. The molecule has 16 heavy (non-hydrogen) atoms. The number of hydrogen-bond acceptors (Lipinski definition) is 3. The molecule has 0 radical (unpaired) electrons. The number of carbonyl (C=O) groups is 2. The van der Waals surface area contributed by atoms with Crippen molar-refractivity contribution in [1.29, 1.82) is 0 Å². The molecule has 0 heterocycles. The van der Waals surface area contributed by atoms with Crippen LogP contribution >= 0.6 is 0 Å². The zero-order valence-electron chi connectivity index (χ0n) is 8.92. The molecule has 0 N–H and O–H groups in total. The van der Waals surface area contributed by atoms with E-state index in [2.05, 4.69) is 4.74 Å². The van der Waals surface area contributed by atoms with Crippen LogP contribution in [0.1, 0.15) is 15.9 Å². The summed E-state index contributed by atoms with van der Waals surface area (Å²) >= 11 is 0. The van der Waals surface area contributed by atoms with E-state index in [1.165, 1.54) is 13.2 Å². The second kappa shape index (κ2) is 6.35. The Morgan fingerprint density at radius 1 is 1.12 bits per heavy atom. The van der Waals surface area contributed by atoms with E-state index in [-0.39, 0.29) is 5.97 Å². The lowest BCUT2D eigenvalue weighted by Gasteiger charge is -1.92. The van der Waals surface area contributed by atoms with Crippen LogP contribution in [0, 0.1) is 0 Å². The lowest BCUT2D eigenvalue weighted by Crippen LogP contribution is -1.92. The Balaban J connectivity index is 2.59. The first-order valence-electron chi connectivity index (χ1n) is 4.74. The highest BCUT2D eigenvalue weighted by Gasteiger charge is 1.89. The van der Waals surface area contributed by atoms with Gasteiger partial charge in [0.1, 0.15) is 6.29 Å². The number of esters is 1. The third kappa shape index (κ3) is 3.92. The van der Waals surface area contributed by atoms with Crippen molar-refractivity contribution in [2.24, 2.45) is 0 Å². The van der Waals surface area contributed by atoms with E-state index in [0.717, 1.165) is 11.8 Å². The summed E-state index contributed by atoms with van der Waals surface area (Å²) in [6, 6.07) is 7.12. The summed E-state index contributed by atoms with van der Waals surface area (Å²) in [6.45, 7) is 0. The number of hydrogen-bond donors (Lipinski definition) is 0. The fourth-order valence-electron chi connectivity index (χ4n) is 1.05. The summed E-state index contributed by atoms with van der Waals surface area (Å²) < 4.78 is 4.43. The summed E-state index contributed by atoms with van der Waals surface area (Å²) in [6.07, 6.45) is 7.28. The highest BCUT2D eigenvalue weighted by Crippen LogP contribution is 2.04. The average Bonchev–Trinajstić information content (AvgIpc) is 2.35. The smallest absolute Gasteiger partial charge is 0.330 e. The minimum atomic E-state index is -0.388. The molecule has 3 heteroatoms. The van der Waals surface area contributed by atoms with Crippen LogP contribution < -0.4 is 0 Å². The predicted molar refractivity (Wildman–Crippen MR) is 62.0 cm³/mol. The second-order valence-electron chi connectivity index (χ2n) is 3.03. The largest absolute Gasteiger partial charge is 0.466 e. The summed E-state index contributed by atoms with van der Waals surface area (Å²) in [4.78, 5) is 21.1. The maximum Gasteiger partial charge on any atom is 0.330 e. The van der Waals surface area contributed by atoms with Crippen molar-refractivity contribution in [1.82, 2.24) is 0 Å². The maximum atomic E-state index is 10.7. The monoisotopic (exact) mass is 216 g/mol. The molecule has 0 amide bonds. The van der Waals surface area contributed by atoms with Gasteiger partial charge in [-0.15, -0.1) is 0 Å². The third-order valence-corrected chi connectivity index (χ3v) is 1.91. The molecule has 0 fully saturated rings. The zero-order chi connectivity index (χ0) is 11.8. The van der Waals surface area contributed by atoms with Crippen LogP contribution in [0.15, 0.2) is 42.5 Å². The van der Waals surface area contributed by atoms with E-state index in [1.54, 1.807) is 24.3 Å². The van der Waals surface area contributed by atoms with Crippen LogP contribution in [0.5, 0.6) is 0 Å². The molecule has 0 saturated carbocycles. The lowest BCUT2D eigenvalue weighted by molar-refractivity contribution is -0.134. The first-order chi connectivity index (χ1) is 7.76. The summed E-state index contributed by atoms with van der Waals surface area (Å²) in [5, 5.41) is 0. The zero-order valence-corrected chi connectivity index (χ0v) is 8.92. The van der Waals surface area contributed by atoms with Gasteiger partial charge in [0, 0.05) is 11.6 Å². The Hall–Kier alpha value is -2.16. The number of allylic oxidation sites excluding steroid dienone is 2. The lowest BCUT2D eigenvalue weighted by atomic mass is 10.1. The van der Waals surface area contributed by atoms with E-state index in [9.17, 15) is 9.59 Å². The van der Waals surface area contributed by atoms with E-state index >= 15 is 0 Å². The van der Waals surface area contributed by atoms with E-state index in [0.29, 0.717) is 5.56 Å². The van der Waals surface area contributed by atoms with Crippen molar-refractivity contribution in [2.45, 2.75) is 0 Å². The minimum absolute atomic E-state index is 0.388. The second-order valence-corrected chi connectivity index (χ2v) is 3.03. The summed E-state index contributed by atoms with van der Waals surface area (Å²) in [5.74, 6) is -0.388. The molecular weight excluding hydrogens is 204 g/mol. The van der Waals surface area contributed by atoms with Crippen molar-refractivity contribution >= 4 is 18.3 Å². The number of aldehydes is 1. The van der Waals surface area contributed by atoms with Gasteiger partial charge < -0.3 is 4.74 Å². The van der Waals surface area contributed by atoms with Gasteiger partial charge in [-0.05, 0) is 5.56 Å². The molecule has 0 aliphatic carbocycles. The molecule has 0 aromatic heterocycles. The standard InChI is InChI=1S/C13H12O3/c1-16-13(15)5-3-2-4-11-6-8-12(10-14)9-7-11/h2-10H,1H3/b4-2+,5-3+. The SMILES string of the molecule is COC(=O)/C=C/C=C/c1ccc(C=O)cc1. The van der Waals surface area contributed by atoms with Crippen LogP contribution in [-0.4, -0.2) is 19.4 Å². The van der Waals surface area contributed by atoms with Crippen LogP contribution in [0.2, 0.25) is 0 Å². The Labute approximate surface area is 94.0 Å². The first-order valence-corrected chi connectivity index (χ1v) is 4.74. The molecule has 0 saturated heterocycles. The van der Waals surface area contributed by atoms with E-state index < -0.39 is 0 Å². The minimum Gasteiger partial charge on any atom is -0.466 e. The summed E-state index contributed by atoms with van der Waals surface area (Å²) in [7, 11) is 1.33. The molecule has 1 aromatic carbocycles. The van der Waals surface area contributed by atoms with Gasteiger partial charge in [0.25, 0.3) is 0 Å². The van der Waals surface area contributed by atoms with Gasteiger partial charge in [-0.2, -0.15) is 0 Å². The summed E-state index contributed by atoms with van der Waals surface area (Å²) in [5.41, 5.74) is 1.60. The Kier molecular flexibility index (Phi) is 4.73. The van der Waals surface area contributed by atoms with Crippen LogP contribution in [0.4, 0.5) is 0 Å². The fourth-order valence-corrected chi connectivity index (χ4v) is 1.05. The van der Waals surface area contributed by atoms with Gasteiger partial charge >= 0.3 is 5.97 Å². The maximum absolute atomic E-state index is 10.7. The first kappa shape index (κ1) is 11.9. The van der Waals surface area contributed by atoms with Crippen molar-refractivity contribution in [3.05, 3.63) is 53.6 Å². The van der Waals surface area contributed by atoms with Crippen LogP contribution in [0.25, 0.3) is 6.08 Å². The highest BCUT2D eigenvalue weighted by atomic mass is 16.5. The topological polar surface area (TPSA) is 43.4 Å². The van der Waals surface area contributed by atoms with Crippen molar-refractivity contribution in [3.63, 3.8) is 0 Å². The third-order valence-electron chi connectivity index (χ3n) is 1.91. The van der Waals surface area contributed by atoms with Gasteiger partial charge in [-0.25, -0.2) is 4.79 Å². The fraction of sp³-hybridized carbons (Fsp3) is 0.0769. The van der Waals surface area contributed by atoms with Crippen molar-refractivity contribution < 1.29 is 14.3 Å². The highest BCUT2D eigenvalue weighted by molar-refractivity contribution is 5.82. The molecule has 1 rings (SSSR count). The number of carbonyl (C=O) groups excluding carboxylic acids is 2.